The minimum absolute atomic E-state index is 0.0969. The van der Waals surface area contributed by atoms with E-state index in [9.17, 15) is 9.59 Å². The van der Waals surface area contributed by atoms with Crippen molar-refractivity contribution in [1.29, 1.82) is 0 Å². The normalized spacial score (nSPS) is 12.1. The van der Waals surface area contributed by atoms with Gasteiger partial charge in [0.1, 0.15) is 0 Å². The van der Waals surface area contributed by atoms with Gasteiger partial charge in [0.05, 0.1) is 5.92 Å². The number of carbonyl (C=O) groups is 2. The first-order valence-corrected chi connectivity index (χ1v) is 6.69. The number of nitrogens with zero attached hydrogens (tertiary/aromatic N) is 1. The highest BCUT2D eigenvalue weighted by molar-refractivity contribution is 5.97. The van der Waals surface area contributed by atoms with Gasteiger partial charge in [0.25, 0.3) is 5.91 Å². The number of hydrogen-bond donors (Lipinski definition) is 2. The van der Waals surface area contributed by atoms with Crippen LogP contribution in [0.2, 0.25) is 0 Å². The van der Waals surface area contributed by atoms with Gasteiger partial charge in [-0.1, -0.05) is 19.9 Å². The average Bonchev–Trinajstić information content (AvgIpc) is 2.38. The van der Waals surface area contributed by atoms with E-state index in [4.69, 9.17) is 5.73 Å². The summed E-state index contributed by atoms with van der Waals surface area (Å²) in [6.45, 7) is 4.23. The zero-order chi connectivity index (χ0) is 15.3. The molecule has 0 bridgehead atoms. The maximum Gasteiger partial charge on any atom is 0.253 e. The highest BCUT2D eigenvalue weighted by Crippen LogP contribution is 2.16. The van der Waals surface area contributed by atoms with Gasteiger partial charge in [-0.25, -0.2) is 0 Å². The SMILES string of the molecule is CC(C)C(CN)C(=O)Nc1cccc(C(=O)N(C)C)c1. The predicted molar refractivity (Wildman–Crippen MR) is 80.5 cm³/mol. The van der Waals surface area contributed by atoms with Crippen LogP contribution >= 0.6 is 0 Å². The Bertz CT molecular complexity index is 484. The number of anilines is 1. The van der Waals surface area contributed by atoms with E-state index in [0.29, 0.717) is 17.8 Å². The lowest BCUT2D eigenvalue weighted by atomic mass is 9.95. The summed E-state index contributed by atoms with van der Waals surface area (Å²) in [7, 11) is 3.38. The molecule has 20 heavy (non-hydrogen) atoms. The van der Waals surface area contributed by atoms with Crippen LogP contribution in [0.3, 0.4) is 0 Å². The van der Waals surface area contributed by atoms with E-state index >= 15 is 0 Å². The molecule has 0 radical (unpaired) electrons. The molecule has 110 valence electrons. The molecule has 0 heterocycles. The van der Waals surface area contributed by atoms with Crippen LogP contribution in [0.15, 0.2) is 24.3 Å². The number of hydrogen-bond acceptors (Lipinski definition) is 3. The quantitative estimate of drug-likeness (QED) is 0.857. The van der Waals surface area contributed by atoms with Crippen LogP contribution in [0.1, 0.15) is 24.2 Å². The summed E-state index contributed by atoms with van der Waals surface area (Å²) in [6.07, 6.45) is 0. The molecule has 0 saturated carbocycles. The maximum absolute atomic E-state index is 12.1. The standard InChI is InChI=1S/C15H23N3O2/c1-10(2)13(9-16)14(19)17-12-7-5-6-11(8-12)15(20)18(3)4/h5-8,10,13H,9,16H2,1-4H3,(H,17,19). The maximum atomic E-state index is 12.1. The van der Waals surface area contributed by atoms with E-state index in [1.54, 1.807) is 38.4 Å². The highest BCUT2D eigenvalue weighted by Gasteiger charge is 2.20. The van der Waals surface area contributed by atoms with Crippen molar-refractivity contribution >= 4 is 17.5 Å². The molecule has 0 spiro atoms. The first-order chi connectivity index (χ1) is 9.36. The molecule has 5 nitrogen and oxygen atoms in total. The molecule has 0 fully saturated rings. The molecule has 0 aliphatic heterocycles. The first kappa shape index (κ1) is 16.2. The molecule has 2 amide bonds. The second-order valence-electron chi connectivity index (χ2n) is 5.36. The second-order valence-corrected chi connectivity index (χ2v) is 5.36. The zero-order valence-corrected chi connectivity index (χ0v) is 12.5. The first-order valence-electron chi connectivity index (χ1n) is 6.69. The highest BCUT2D eigenvalue weighted by atomic mass is 16.2. The van der Waals surface area contributed by atoms with Gasteiger partial charge in [-0.15, -0.1) is 0 Å². The van der Waals surface area contributed by atoms with E-state index in [2.05, 4.69) is 5.32 Å². The molecule has 3 N–H and O–H groups in total. The monoisotopic (exact) mass is 277 g/mol. The lowest BCUT2D eigenvalue weighted by molar-refractivity contribution is -0.120. The third-order valence-electron chi connectivity index (χ3n) is 3.18. The molecular formula is C15H23N3O2. The summed E-state index contributed by atoms with van der Waals surface area (Å²) >= 11 is 0. The second kappa shape index (κ2) is 7.05. The van der Waals surface area contributed by atoms with Gasteiger partial charge >= 0.3 is 0 Å². The topological polar surface area (TPSA) is 75.4 Å². The van der Waals surface area contributed by atoms with E-state index in [0.717, 1.165) is 0 Å². The van der Waals surface area contributed by atoms with Crippen LogP contribution < -0.4 is 11.1 Å². The van der Waals surface area contributed by atoms with Gasteiger partial charge < -0.3 is 16.0 Å². The Morgan fingerprint density at radius 2 is 1.95 bits per heavy atom. The van der Waals surface area contributed by atoms with Crippen LogP contribution in [0.4, 0.5) is 5.69 Å². The summed E-state index contributed by atoms with van der Waals surface area (Å²) < 4.78 is 0. The van der Waals surface area contributed by atoms with Crippen LogP contribution in [-0.2, 0) is 4.79 Å². The Labute approximate surface area is 120 Å². The minimum Gasteiger partial charge on any atom is -0.345 e. The molecule has 1 aromatic rings. The van der Waals surface area contributed by atoms with Gasteiger partial charge in [0.15, 0.2) is 0 Å². The van der Waals surface area contributed by atoms with Gasteiger partial charge in [-0.2, -0.15) is 0 Å². The lowest BCUT2D eigenvalue weighted by Gasteiger charge is -2.18. The van der Waals surface area contributed by atoms with Crippen molar-refractivity contribution in [2.24, 2.45) is 17.6 Å². The Balaban J connectivity index is 2.86. The molecule has 0 aliphatic carbocycles. The number of benzene rings is 1. The predicted octanol–water partition coefficient (Wildman–Crippen LogP) is 1.56. The van der Waals surface area contributed by atoms with E-state index in [1.807, 2.05) is 13.8 Å². The summed E-state index contributed by atoms with van der Waals surface area (Å²) in [6, 6.07) is 6.91. The molecular weight excluding hydrogens is 254 g/mol. The Morgan fingerprint density at radius 3 is 2.45 bits per heavy atom. The average molecular weight is 277 g/mol. The fourth-order valence-electron chi connectivity index (χ4n) is 1.91. The number of nitrogens with one attached hydrogen (secondary N) is 1. The van der Waals surface area contributed by atoms with Crippen molar-refractivity contribution in [3.8, 4) is 0 Å². The molecule has 5 heteroatoms. The van der Waals surface area contributed by atoms with E-state index < -0.39 is 0 Å². The van der Waals surface area contributed by atoms with Gasteiger partial charge in [0.2, 0.25) is 5.91 Å². The zero-order valence-electron chi connectivity index (χ0n) is 12.5. The molecule has 1 atom stereocenters. The molecule has 1 aromatic carbocycles. The van der Waals surface area contributed by atoms with E-state index in [1.165, 1.54) is 4.90 Å². The smallest absolute Gasteiger partial charge is 0.253 e. The number of rotatable bonds is 5. The fourth-order valence-corrected chi connectivity index (χ4v) is 1.91. The fraction of sp³-hybridized carbons (Fsp3) is 0.467. The summed E-state index contributed by atoms with van der Waals surface area (Å²) in [5, 5.41) is 2.82. The summed E-state index contributed by atoms with van der Waals surface area (Å²) in [4.78, 5) is 25.5. The van der Waals surface area contributed by atoms with Gasteiger partial charge in [0, 0.05) is 31.9 Å². The van der Waals surface area contributed by atoms with Crippen molar-refractivity contribution < 1.29 is 9.59 Å². The van der Waals surface area contributed by atoms with Gasteiger partial charge in [-0.05, 0) is 24.1 Å². The minimum atomic E-state index is -0.233. The van der Waals surface area contributed by atoms with Crippen LogP contribution in [-0.4, -0.2) is 37.4 Å². The Hall–Kier alpha value is -1.88. The number of nitrogens with two attached hydrogens (primary N) is 1. The third-order valence-corrected chi connectivity index (χ3v) is 3.18. The number of amides is 2. The van der Waals surface area contributed by atoms with Crippen LogP contribution in [0.5, 0.6) is 0 Å². The van der Waals surface area contributed by atoms with Gasteiger partial charge in [-0.3, -0.25) is 9.59 Å². The summed E-state index contributed by atoms with van der Waals surface area (Å²) in [5.41, 5.74) is 6.78. The molecule has 0 saturated heterocycles. The van der Waals surface area contributed by atoms with E-state index in [-0.39, 0.29) is 23.7 Å². The van der Waals surface area contributed by atoms with Crippen molar-refractivity contribution in [1.82, 2.24) is 4.90 Å². The largest absolute Gasteiger partial charge is 0.345 e. The molecule has 1 unspecified atom stereocenters. The van der Waals surface area contributed by atoms with Crippen LogP contribution in [0.25, 0.3) is 0 Å². The Morgan fingerprint density at radius 1 is 1.30 bits per heavy atom. The Kier molecular flexibility index (Phi) is 5.70. The van der Waals surface area contributed by atoms with Crippen LogP contribution in [0, 0.1) is 11.8 Å². The van der Waals surface area contributed by atoms with Crippen molar-refractivity contribution in [2.45, 2.75) is 13.8 Å². The third kappa shape index (κ3) is 4.06. The number of carbonyl (C=O) groups excluding carboxylic acids is 2. The van der Waals surface area contributed by atoms with Crippen molar-refractivity contribution in [3.05, 3.63) is 29.8 Å². The van der Waals surface area contributed by atoms with Crippen molar-refractivity contribution in [3.63, 3.8) is 0 Å². The summed E-state index contributed by atoms with van der Waals surface area (Å²) in [5.74, 6) is -0.271. The molecule has 0 aliphatic rings. The molecule has 0 aromatic heterocycles. The molecule has 1 rings (SSSR count). The lowest BCUT2D eigenvalue weighted by Crippen LogP contribution is -2.33. The van der Waals surface area contributed by atoms with Crippen molar-refractivity contribution in [2.75, 3.05) is 26.0 Å².